The Morgan fingerprint density at radius 1 is 1.04 bits per heavy atom. The van der Waals surface area contributed by atoms with Crippen molar-refractivity contribution in [3.05, 3.63) is 59.7 Å². The molecule has 3 aromatic rings. The summed E-state index contributed by atoms with van der Waals surface area (Å²) in [5, 5.41) is 9.20. The lowest BCUT2D eigenvalue weighted by molar-refractivity contribution is -0.137. The van der Waals surface area contributed by atoms with Gasteiger partial charge in [-0.1, -0.05) is 42.1 Å². The van der Waals surface area contributed by atoms with Crippen LogP contribution in [0.5, 0.6) is 5.75 Å². The minimum Gasteiger partial charge on any atom is -0.493 e. The molecule has 0 amide bonds. The van der Waals surface area contributed by atoms with E-state index in [1.165, 1.54) is 23.9 Å². The number of nitrogens with zero attached hydrogens (tertiary/aromatic N) is 3. The lowest BCUT2D eigenvalue weighted by atomic mass is 10.1. The molecule has 0 fully saturated rings. The summed E-state index contributed by atoms with van der Waals surface area (Å²) < 4.78 is 46.3. The van der Waals surface area contributed by atoms with Crippen molar-refractivity contribution in [3.8, 4) is 17.1 Å². The van der Waals surface area contributed by atoms with Crippen LogP contribution in [-0.4, -0.2) is 21.4 Å². The quantitative estimate of drug-likeness (QED) is 0.473. The summed E-state index contributed by atoms with van der Waals surface area (Å²) in [5.74, 6) is 1.77. The molecule has 148 valence electrons. The molecule has 8 heteroatoms. The van der Waals surface area contributed by atoms with E-state index in [2.05, 4.69) is 10.2 Å². The van der Waals surface area contributed by atoms with E-state index in [0.29, 0.717) is 35.4 Å². The van der Waals surface area contributed by atoms with Crippen LogP contribution in [0, 0.1) is 0 Å². The highest BCUT2D eigenvalue weighted by Gasteiger charge is 2.30. The average Bonchev–Trinajstić information content (AvgIpc) is 3.09. The van der Waals surface area contributed by atoms with Gasteiger partial charge in [-0.2, -0.15) is 13.2 Å². The second kappa shape index (κ2) is 8.68. The van der Waals surface area contributed by atoms with Gasteiger partial charge in [0.25, 0.3) is 0 Å². The van der Waals surface area contributed by atoms with E-state index >= 15 is 0 Å². The van der Waals surface area contributed by atoms with Crippen molar-refractivity contribution in [1.29, 1.82) is 0 Å². The molecule has 1 aromatic heterocycles. The van der Waals surface area contributed by atoms with E-state index in [9.17, 15) is 13.2 Å². The maximum absolute atomic E-state index is 12.9. The number of benzene rings is 2. The number of hydrogen-bond donors (Lipinski definition) is 0. The second-order valence-electron chi connectivity index (χ2n) is 5.97. The Labute approximate surface area is 165 Å². The third kappa shape index (κ3) is 4.49. The van der Waals surface area contributed by atoms with Gasteiger partial charge in [-0.25, -0.2) is 0 Å². The normalized spacial score (nSPS) is 11.6. The Morgan fingerprint density at radius 2 is 1.82 bits per heavy atom. The van der Waals surface area contributed by atoms with Crippen LogP contribution < -0.4 is 4.74 Å². The van der Waals surface area contributed by atoms with Crippen LogP contribution in [0.15, 0.2) is 53.7 Å². The number of halogens is 3. The van der Waals surface area contributed by atoms with Crippen LogP contribution >= 0.6 is 11.8 Å². The molecule has 0 aliphatic carbocycles. The molecule has 1 heterocycles. The topological polar surface area (TPSA) is 39.9 Å². The van der Waals surface area contributed by atoms with Crippen LogP contribution in [0.3, 0.4) is 0 Å². The first kappa shape index (κ1) is 20.3. The number of para-hydroxylation sites is 1. The lowest BCUT2D eigenvalue weighted by Gasteiger charge is -2.12. The fourth-order valence-corrected chi connectivity index (χ4v) is 3.74. The van der Waals surface area contributed by atoms with Crippen LogP contribution in [0.1, 0.15) is 25.0 Å². The molecular weight excluding hydrogens is 387 g/mol. The number of thioether (sulfide) groups is 1. The van der Waals surface area contributed by atoms with Crippen molar-refractivity contribution in [2.24, 2.45) is 0 Å². The van der Waals surface area contributed by atoms with Gasteiger partial charge in [0.15, 0.2) is 11.0 Å². The Bertz CT molecular complexity index is 940. The first-order chi connectivity index (χ1) is 13.4. The first-order valence-electron chi connectivity index (χ1n) is 8.88. The molecule has 0 atom stereocenters. The number of alkyl halides is 3. The molecule has 3 rings (SSSR count). The maximum Gasteiger partial charge on any atom is 0.416 e. The molecule has 0 radical (unpaired) electrons. The zero-order valence-electron chi connectivity index (χ0n) is 15.5. The van der Waals surface area contributed by atoms with Crippen LogP contribution in [0.2, 0.25) is 0 Å². The van der Waals surface area contributed by atoms with Gasteiger partial charge in [-0.15, -0.1) is 10.2 Å². The van der Waals surface area contributed by atoms with Crippen molar-refractivity contribution in [3.63, 3.8) is 0 Å². The molecule has 0 unspecified atom stereocenters. The standard InChI is InChI=1S/C20H20F3N3OS/c1-3-26-18(16-10-5-6-11-17(16)27-4-2)24-25-19(26)28-13-14-8-7-9-15(12-14)20(21,22)23/h5-12H,3-4,13H2,1-2H3. The molecule has 0 bridgehead atoms. The highest BCUT2D eigenvalue weighted by atomic mass is 32.2. The van der Waals surface area contributed by atoms with E-state index in [0.717, 1.165) is 17.4 Å². The van der Waals surface area contributed by atoms with Gasteiger partial charge in [0, 0.05) is 12.3 Å². The van der Waals surface area contributed by atoms with Gasteiger partial charge in [-0.3, -0.25) is 0 Å². The Morgan fingerprint density at radius 3 is 2.54 bits per heavy atom. The SMILES string of the molecule is CCOc1ccccc1-c1nnc(SCc2cccc(C(F)(F)F)c2)n1CC. The molecule has 4 nitrogen and oxygen atoms in total. The molecule has 0 saturated heterocycles. The summed E-state index contributed by atoms with van der Waals surface area (Å²) in [6, 6.07) is 12.9. The Kier molecular flexibility index (Phi) is 6.28. The first-order valence-corrected chi connectivity index (χ1v) is 9.87. The van der Waals surface area contributed by atoms with E-state index in [-0.39, 0.29) is 0 Å². The monoisotopic (exact) mass is 407 g/mol. The lowest BCUT2D eigenvalue weighted by Crippen LogP contribution is -2.05. The second-order valence-corrected chi connectivity index (χ2v) is 6.91. The van der Waals surface area contributed by atoms with E-state index in [4.69, 9.17) is 4.74 Å². The number of hydrogen-bond acceptors (Lipinski definition) is 4. The molecule has 28 heavy (non-hydrogen) atoms. The summed E-state index contributed by atoms with van der Waals surface area (Å²) in [5.41, 5.74) is 0.778. The van der Waals surface area contributed by atoms with Gasteiger partial charge in [0.1, 0.15) is 5.75 Å². The summed E-state index contributed by atoms with van der Waals surface area (Å²) in [6.07, 6.45) is -4.35. The molecular formula is C20H20F3N3OS. The zero-order chi connectivity index (χ0) is 20.1. The van der Waals surface area contributed by atoms with Crippen molar-refractivity contribution >= 4 is 11.8 Å². The van der Waals surface area contributed by atoms with Gasteiger partial charge >= 0.3 is 6.18 Å². The van der Waals surface area contributed by atoms with Gasteiger partial charge < -0.3 is 9.30 Å². The fraction of sp³-hybridized carbons (Fsp3) is 0.300. The molecule has 0 aliphatic heterocycles. The van der Waals surface area contributed by atoms with Gasteiger partial charge in [0.2, 0.25) is 0 Å². The molecule has 0 saturated carbocycles. The predicted molar refractivity (Wildman–Crippen MR) is 103 cm³/mol. The van der Waals surface area contributed by atoms with Gasteiger partial charge in [-0.05, 0) is 37.6 Å². The predicted octanol–water partition coefficient (Wildman–Crippen LogP) is 5.67. The minimum atomic E-state index is -4.35. The third-order valence-electron chi connectivity index (χ3n) is 4.08. The van der Waals surface area contributed by atoms with E-state index in [1.54, 1.807) is 6.07 Å². The van der Waals surface area contributed by atoms with Crippen molar-refractivity contribution < 1.29 is 17.9 Å². The minimum absolute atomic E-state index is 0.370. The zero-order valence-corrected chi connectivity index (χ0v) is 16.3. The third-order valence-corrected chi connectivity index (χ3v) is 5.12. The highest BCUT2D eigenvalue weighted by molar-refractivity contribution is 7.98. The average molecular weight is 407 g/mol. The number of ether oxygens (including phenoxy) is 1. The number of rotatable bonds is 7. The highest BCUT2D eigenvalue weighted by Crippen LogP contribution is 2.33. The molecule has 0 spiro atoms. The summed E-state index contributed by atoms with van der Waals surface area (Å²) >= 11 is 1.36. The van der Waals surface area contributed by atoms with Crippen LogP contribution in [-0.2, 0) is 18.5 Å². The van der Waals surface area contributed by atoms with E-state index in [1.807, 2.05) is 42.7 Å². The van der Waals surface area contributed by atoms with Crippen LogP contribution in [0.25, 0.3) is 11.4 Å². The summed E-state index contributed by atoms with van der Waals surface area (Å²) in [4.78, 5) is 0. The molecule has 0 aliphatic rings. The van der Waals surface area contributed by atoms with Crippen molar-refractivity contribution in [1.82, 2.24) is 14.8 Å². The summed E-state index contributed by atoms with van der Waals surface area (Å²) in [7, 11) is 0. The molecule has 0 N–H and O–H groups in total. The number of aromatic nitrogens is 3. The maximum atomic E-state index is 12.9. The smallest absolute Gasteiger partial charge is 0.416 e. The van der Waals surface area contributed by atoms with E-state index < -0.39 is 11.7 Å². The largest absolute Gasteiger partial charge is 0.493 e. The Balaban J connectivity index is 1.84. The van der Waals surface area contributed by atoms with Crippen LogP contribution in [0.4, 0.5) is 13.2 Å². The molecule has 2 aromatic carbocycles. The van der Waals surface area contributed by atoms with Crippen molar-refractivity contribution in [2.75, 3.05) is 6.61 Å². The van der Waals surface area contributed by atoms with Gasteiger partial charge in [0.05, 0.1) is 17.7 Å². The summed E-state index contributed by atoms with van der Waals surface area (Å²) in [6.45, 7) is 5.06. The van der Waals surface area contributed by atoms with Crippen molar-refractivity contribution in [2.45, 2.75) is 37.5 Å². The fourth-order valence-electron chi connectivity index (χ4n) is 2.80. The Hall–Kier alpha value is -2.48.